The summed E-state index contributed by atoms with van der Waals surface area (Å²) in [6.45, 7) is 0. The Morgan fingerprint density at radius 1 is 0.947 bits per heavy atom. The Kier molecular flexibility index (Phi) is 2.80. The van der Waals surface area contributed by atoms with Crippen LogP contribution in [0.2, 0.25) is 0 Å². The van der Waals surface area contributed by atoms with Crippen molar-refractivity contribution in [3.05, 3.63) is 53.6 Å². The summed E-state index contributed by atoms with van der Waals surface area (Å²) in [6, 6.07) is 13.7. The summed E-state index contributed by atoms with van der Waals surface area (Å²) < 4.78 is 1.09. The van der Waals surface area contributed by atoms with Crippen LogP contribution in [-0.4, -0.2) is 4.98 Å². The third kappa shape index (κ3) is 2.10. The minimum Gasteiger partial charge on any atom is -0.236 e. The number of thiazole rings is 1. The van der Waals surface area contributed by atoms with Gasteiger partial charge in [-0.25, -0.2) is 4.98 Å². The first-order valence-corrected chi connectivity index (χ1v) is 6.56. The lowest BCUT2D eigenvalue weighted by atomic mass is 10.1. The van der Waals surface area contributed by atoms with Crippen molar-refractivity contribution >= 4 is 21.6 Å². The molecule has 1 aromatic heterocycles. The third-order valence-electron chi connectivity index (χ3n) is 2.83. The van der Waals surface area contributed by atoms with Gasteiger partial charge >= 0.3 is 0 Å². The molecule has 0 aliphatic rings. The van der Waals surface area contributed by atoms with Crippen molar-refractivity contribution < 1.29 is 0 Å². The Labute approximate surface area is 115 Å². The smallest absolute Gasteiger partial charge is 0.124 e. The van der Waals surface area contributed by atoms with Gasteiger partial charge in [-0.15, -0.1) is 24.2 Å². The van der Waals surface area contributed by atoms with Crippen LogP contribution in [0, 0.1) is 24.7 Å². The van der Waals surface area contributed by atoms with Gasteiger partial charge in [-0.3, -0.25) is 0 Å². The molecule has 0 saturated carbocycles. The summed E-state index contributed by atoms with van der Waals surface area (Å²) >= 11 is 1.62. The maximum Gasteiger partial charge on any atom is 0.124 e. The molecule has 0 atom stereocenters. The van der Waals surface area contributed by atoms with E-state index in [-0.39, 0.29) is 0 Å². The molecule has 19 heavy (non-hydrogen) atoms. The summed E-state index contributed by atoms with van der Waals surface area (Å²) in [5.74, 6) is 5.28. The highest BCUT2D eigenvalue weighted by Gasteiger charge is 2.06. The highest BCUT2D eigenvalue weighted by atomic mass is 32.1. The normalized spacial score (nSPS) is 10.0. The number of hydrogen-bond acceptors (Lipinski definition) is 2. The van der Waals surface area contributed by atoms with Gasteiger partial charge < -0.3 is 0 Å². The first-order valence-electron chi connectivity index (χ1n) is 5.74. The molecular formula is C17H9NS. The number of rotatable bonds is 1. The zero-order chi connectivity index (χ0) is 13.2. The van der Waals surface area contributed by atoms with Crippen molar-refractivity contribution in [3.63, 3.8) is 0 Å². The fourth-order valence-electron chi connectivity index (χ4n) is 1.88. The zero-order valence-electron chi connectivity index (χ0n) is 10.1. The second kappa shape index (κ2) is 4.61. The fourth-order valence-corrected chi connectivity index (χ4v) is 2.88. The number of nitrogens with zero attached hydrogens (tertiary/aromatic N) is 1. The Morgan fingerprint density at radius 2 is 1.74 bits per heavy atom. The van der Waals surface area contributed by atoms with Gasteiger partial charge in [0, 0.05) is 16.7 Å². The lowest BCUT2D eigenvalue weighted by molar-refractivity contribution is 1.47. The zero-order valence-corrected chi connectivity index (χ0v) is 10.9. The van der Waals surface area contributed by atoms with Gasteiger partial charge in [-0.05, 0) is 30.3 Å². The molecule has 0 aliphatic heterocycles. The van der Waals surface area contributed by atoms with Gasteiger partial charge in [0.05, 0.1) is 10.2 Å². The summed E-state index contributed by atoms with van der Waals surface area (Å²) in [7, 11) is 0. The van der Waals surface area contributed by atoms with E-state index in [1.165, 1.54) is 0 Å². The average Bonchev–Trinajstić information content (AvgIpc) is 2.90. The second-order valence-corrected chi connectivity index (χ2v) is 5.10. The third-order valence-corrected chi connectivity index (χ3v) is 3.90. The molecule has 0 saturated heterocycles. The fraction of sp³-hybridized carbons (Fsp3) is 0. The molecule has 1 nitrogen and oxygen atoms in total. The molecule has 0 radical (unpaired) electrons. The Bertz CT molecular complexity index is 844. The SMILES string of the molecule is C#Cc1cccc(-c2nc3ccc(C#C)cc3s2)c1. The van der Waals surface area contributed by atoms with E-state index >= 15 is 0 Å². The van der Waals surface area contributed by atoms with E-state index in [0.29, 0.717) is 0 Å². The summed E-state index contributed by atoms with van der Waals surface area (Å²) in [6.07, 6.45) is 10.8. The first-order chi connectivity index (χ1) is 9.30. The number of hydrogen-bond donors (Lipinski definition) is 0. The number of benzene rings is 2. The van der Waals surface area contributed by atoms with Crippen molar-refractivity contribution in [2.45, 2.75) is 0 Å². The van der Waals surface area contributed by atoms with E-state index in [1.807, 2.05) is 42.5 Å². The molecule has 0 unspecified atom stereocenters. The number of aromatic nitrogens is 1. The van der Waals surface area contributed by atoms with E-state index in [9.17, 15) is 0 Å². The first kappa shape index (κ1) is 11.5. The van der Waals surface area contributed by atoms with Crippen LogP contribution in [0.5, 0.6) is 0 Å². The van der Waals surface area contributed by atoms with Gasteiger partial charge in [0.2, 0.25) is 0 Å². The maximum atomic E-state index is 5.42. The van der Waals surface area contributed by atoms with Gasteiger partial charge in [0.25, 0.3) is 0 Å². The molecule has 0 fully saturated rings. The molecule has 0 aliphatic carbocycles. The monoisotopic (exact) mass is 259 g/mol. The lowest BCUT2D eigenvalue weighted by Crippen LogP contribution is -1.78. The predicted octanol–water partition coefficient (Wildman–Crippen LogP) is 3.93. The van der Waals surface area contributed by atoms with Gasteiger partial charge in [-0.1, -0.05) is 24.0 Å². The average molecular weight is 259 g/mol. The van der Waals surface area contributed by atoms with E-state index in [4.69, 9.17) is 12.8 Å². The van der Waals surface area contributed by atoms with E-state index in [1.54, 1.807) is 11.3 Å². The van der Waals surface area contributed by atoms with Crippen LogP contribution in [0.25, 0.3) is 20.8 Å². The summed E-state index contributed by atoms with van der Waals surface area (Å²) in [5, 5.41) is 0.960. The molecular weight excluding hydrogens is 250 g/mol. The van der Waals surface area contributed by atoms with Gasteiger partial charge in [0.15, 0.2) is 0 Å². The molecule has 1 heterocycles. The van der Waals surface area contributed by atoms with Gasteiger partial charge in [0.1, 0.15) is 5.01 Å². The van der Waals surface area contributed by atoms with Crippen LogP contribution in [0.4, 0.5) is 0 Å². The standard InChI is InChI=1S/C17H9NS/c1-3-12-6-5-7-14(10-12)17-18-15-9-8-13(4-2)11-16(15)19-17/h1-2,5-11H. The molecule has 0 bridgehead atoms. The van der Waals surface area contributed by atoms with Gasteiger partial charge in [-0.2, -0.15) is 0 Å². The van der Waals surface area contributed by atoms with E-state index in [2.05, 4.69) is 16.8 Å². The molecule has 2 aromatic carbocycles. The summed E-state index contributed by atoms with van der Waals surface area (Å²) in [4.78, 5) is 4.62. The van der Waals surface area contributed by atoms with Crippen LogP contribution >= 0.6 is 11.3 Å². The Morgan fingerprint density at radius 3 is 2.53 bits per heavy atom. The largest absolute Gasteiger partial charge is 0.236 e. The molecule has 88 valence electrons. The minimum atomic E-state index is 0.862. The molecule has 3 aromatic rings. The molecule has 3 rings (SSSR count). The van der Waals surface area contributed by atoms with Crippen molar-refractivity contribution in [1.82, 2.24) is 4.98 Å². The summed E-state index contributed by atoms with van der Waals surface area (Å²) in [5.41, 5.74) is 3.74. The van der Waals surface area contributed by atoms with Crippen molar-refractivity contribution in [1.29, 1.82) is 0 Å². The number of terminal acetylenes is 2. The van der Waals surface area contributed by atoms with Crippen molar-refractivity contribution in [2.24, 2.45) is 0 Å². The molecule has 0 N–H and O–H groups in total. The number of fused-ring (bicyclic) bond motifs is 1. The molecule has 2 heteroatoms. The Hall–Kier alpha value is -2.55. The van der Waals surface area contributed by atoms with Crippen LogP contribution in [0.3, 0.4) is 0 Å². The van der Waals surface area contributed by atoms with Crippen LogP contribution in [-0.2, 0) is 0 Å². The highest BCUT2D eigenvalue weighted by Crippen LogP contribution is 2.30. The van der Waals surface area contributed by atoms with Crippen molar-refractivity contribution in [3.8, 4) is 35.3 Å². The highest BCUT2D eigenvalue weighted by molar-refractivity contribution is 7.21. The quantitative estimate of drug-likeness (QED) is 0.603. The van der Waals surface area contributed by atoms with Crippen LogP contribution in [0.1, 0.15) is 11.1 Å². The second-order valence-electron chi connectivity index (χ2n) is 4.07. The van der Waals surface area contributed by atoms with Crippen molar-refractivity contribution in [2.75, 3.05) is 0 Å². The van der Waals surface area contributed by atoms with Crippen LogP contribution in [0.15, 0.2) is 42.5 Å². The Balaban J connectivity index is 2.15. The minimum absolute atomic E-state index is 0.862. The maximum absolute atomic E-state index is 5.42. The van der Waals surface area contributed by atoms with Crippen LogP contribution < -0.4 is 0 Å². The molecule has 0 spiro atoms. The van der Waals surface area contributed by atoms with E-state index < -0.39 is 0 Å². The predicted molar refractivity (Wildman–Crippen MR) is 80.9 cm³/mol. The topological polar surface area (TPSA) is 12.9 Å². The molecule has 0 amide bonds. The van der Waals surface area contributed by atoms with E-state index in [0.717, 1.165) is 31.9 Å². The lowest BCUT2D eigenvalue weighted by Gasteiger charge is -1.96.